The van der Waals surface area contributed by atoms with Crippen LogP contribution in [0.5, 0.6) is 0 Å². The Labute approximate surface area is 101 Å². The zero-order valence-electron chi connectivity index (χ0n) is 10.3. The molecule has 1 aromatic rings. The first-order valence-corrected chi connectivity index (χ1v) is 6.14. The standard InChI is InChI=1S/C12H19N3O2/c1-3-14-7-5-13-12(14)15-6-4-10(11(16)17)8-9(15)2/h5,7,9-10H,3-4,6,8H2,1-2H3,(H,16,17). The summed E-state index contributed by atoms with van der Waals surface area (Å²) in [6.07, 6.45) is 5.17. The second-order valence-corrected chi connectivity index (χ2v) is 4.62. The smallest absolute Gasteiger partial charge is 0.306 e. The first kappa shape index (κ1) is 12.0. The lowest BCUT2D eigenvalue weighted by atomic mass is 9.92. The average molecular weight is 237 g/mol. The molecule has 2 rings (SSSR count). The van der Waals surface area contributed by atoms with Crippen LogP contribution in [0, 0.1) is 5.92 Å². The molecule has 1 saturated heterocycles. The molecule has 1 aromatic heterocycles. The maximum Gasteiger partial charge on any atom is 0.306 e. The van der Waals surface area contributed by atoms with Crippen LogP contribution < -0.4 is 4.90 Å². The molecule has 2 heterocycles. The van der Waals surface area contributed by atoms with Crippen LogP contribution >= 0.6 is 0 Å². The van der Waals surface area contributed by atoms with Gasteiger partial charge in [-0.15, -0.1) is 0 Å². The SMILES string of the molecule is CCn1ccnc1N1CCC(C(=O)O)CC1C. The van der Waals surface area contributed by atoms with Crippen LogP contribution in [0.3, 0.4) is 0 Å². The Morgan fingerprint density at radius 2 is 2.41 bits per heavy atom. The number of hydrogen-bond acceptors (Lipinski definition) is 3. The van der Waals surface area contributed by atoms with Crippen molar-refractivity contribution in [3.8, 4) is 0 Å². The van der Waals surface area contributed by atoms with Crippen molar-refractivity contribution in [3.63, 3.8) is 0 Å². The molecule has 0 spiro atoms. The van der Waals surface area contributed by atoms with E-state index in [0.717, 1.165) is 19.0 Å². The highest BCUT2D eigenvalue weighted by atomic mass is 16.4. The number of carboxylic acids is 1. The van der Waals surface area contributed by atoms with E-state index in [1.807, 2.05) is 6.20 Å². The molecular formula is C12H19N3O2. The molecular weight excluding hydrogens is 218 g/mol. The van der Waals surface area contributed by atoms with Crippen molar-refractivity contribution in [1.29, 1.82) is 0 Å². The molecule has 94 valence electrons. The third-order valence-electron chi connectivity index (χ3n) is 3.52. The van der Waals surface area contributed by atoms with Gasteiger partial charge in [0, 0.05) is 31.5 Å². The van der Waals surface area contributed by atoms with Crippen LogP contribution in [-0.2, 0) is 11.3 Å². The zero-order chi connectivity index (χ0) is 12.4. The number of carbonyl (C=O) groups is 1. The first-order chi connectivity index (χ1) is 8.13. The minimum atomic E-state index is -0.671. The number of rotatable bonds is 3. The Kier molecular flexibility index (Phi) is 3.36. The fourth-order valence-corrected chi connectivity index (χ4v) is 2.50. The Balaban J connectivity index is 2.12. The van der Waals surface area contributed by atoms with Crippen molar-refractivity contribution in [2.24, 2.45) is 5.92 Å². The number of aliphatic carboxylic acids is 1. The summed E-state index contributed by atoms with van der Waals surface area (Å²) in [4.78, 5) is 17.6. The third kappa shape index (κ3) is 2.28. The van der Waals surface area contributed by atoms with E-state index in [4.69, 9.17) is 5.11 Å². The van der Waals surface area contributed by atoms with Gasteiger partial charge in [-0.2, -0.15) is 0 Å². The number of anilines is 1. The quantitative estimate of drug-likeness (QED) is 0.867. The lowest BCUT2D eigenvalue weighted by Crippen LogP contribution is -2.44. The van der Waals surface area contributed by atoms with Gasteiger partial charge < -0.3 is 14.6 Å². The highest BCUT2D eigenvalue weighted by Crippen LogP contribution is 2.27. The lowest BCUT2D eigenvalue weighted by molar-refractivity contribution is -0.142. The Morgan fingerprint density at radius 3 is 3.00 bits per heavy atom. The molecule has 0 aromatic carbocycles. The van der Waals surface area contributed by atoms with Crippen molar-refractivity contribution < 1.29 is 9.90 Å². The summed E-state index contributed by atoms with van der Waals surface area (Å²) in [6, 6.07) is 0.234. The van der Waals surface area contributed by atoms with Gasteiger partial charge in [0.25, 0.3) is 0 Å². The molecule has 0 bridgehead atoms. The monoisotopic (exact) mass is 237 g/mol. The van der Waals surface area contributed by atoms with Gasteiger partial charge in [-0.1, -0.05) is 0 Å². The minimum absolute atomic E-state index is 0.203. The lowest BCUT2D eigenvalue weighted by Gasteiger charge is -2.37. The van der Waals surface area contributed by atoms with E-state index >= 15 is 0 Å². The van der Waals surface area contributed by atoms with E-state index in [2.05, 4.69) is 28.3 Å². The van der Waals surface area contributed by atoms with Gasteiger partial charge in [0.05, 0.1) is 5.92 Å². The van der Waals surface area contributed by atoms with Gasteiger partial charge in [0.15, 0.2) is 0 Å². The van der Waals surface area contributed by atoms with Crippen LogP contribution in [0.2, 0.25) is 0 Å². The second kappa shape index (κ2) is 4.77. The highest BCUT2D eigenvalue weighted by molar-refractivity contribution is 5.70. The number of aromatic nitrogens is 2. The number of nitrogens with zero attached hydrogens (tertiary/aromatic N) is 3. The summed E-state index contributed by atoms with van der Waals surface area (Å²) < 4.78 is 2.09. The number of imidazole rings is 1. The summed E-state index contributed by atoms with van der Waals surface area (Å²) >= 11 is 0. The number of piperidine rings is 1. The van der Waals surface area contributed by atoms with Crippen LogP contribution in [0.4, 0.5) is 5.95 Å². The molecule has 0 amide bonds. The third-order valence-corrected chi connectivity index (χ3v) is 3.52. The van der Waals surface area contributed by atoms with Crippen LogP contribution in [-0.4, -0.2) is 33.2 Å². The fraction of sp³-hybridized carbons (Fsp3) is 0.667. The molecule has 0 aliphatic carbocycles. The Bertz CT molecular complexity index is 402. The van der Waals surface area contributed by atoms with Crippen molar-refractivity contribution >= 4 is 11.9 Å². The molecule has 5 nitrogen and oxygen atoms in total. The molecule has 17 heavy (non-hydrogen) atoms. The molecule has 0 saturated carbocycles. The predicted molar refractivity (Wildman–Crippen MR) is 65.1 cm³/mol. The van der Waals surface area contributed by atoms with Crippen LogP contribution in [0.25, 0.3) is 0 Å². The molecule has 1 N–H and O–H groups in total. The van der Waals surface area contributed by atoms with Gasteiger partial charge in [0.2, 0.25) is 5.95 Å². The number of aryl methyl sites for hydroxylation is 1. The summed E-state index contributed by atoms with van der Waals surface area (Å²) in [5.41, 5.74) is 0. The molecule has 1 aliphatic rings. The van der Waals surface area contributed by atoms with E-state index in [1.54, 1.807) is 6.20 Å². The van der Waals surface area contributed by atoms with E-state index in [1.165, 1.54) is 0 Å². The highest BCUT2D eigenvalue weighted by Gasteiger charge is 2.31. The van der Waals surface area contributed by atoms with E-state index < -0.39 is 5.97 Å². The minimum Gasteiger partial charge on any atom is -0.481 e. The average Bonchev–Trinajstić information content (AvgIpc) is 2.76. The summed E-state index contributed by atoms with van der Waals surface area (Å²) in [7, 11) is 0. The normalized spacial score (nSPS) is 24.9. The number of hydrogen-bond donors (Lipinski definition) is 1. The zero-order valence-corrected chi connectivity index (χ0v) is 10.3. The summed E-state index contributed by atoms with van der Waals surface area (Å²) in [5, 5.41) is 9.03. The maximum absolute atomic E-state index is 11.0. The van der Waals surface area contributed by atoms with Gasteiger partial charge in [-0.05, 0) is 26.7 Å². The summed E-state index contributed by atoms with van der Waals surface area (Å²) in [6.45, 7) is 5.82. The van der Waals surface area contributed by atoms with Crippen molar-refractivity contribution in [3.05, 3.63) is 12.4 Å². The van der Waals surface area contributed by atoms with Crippen LogP contribution in [0.1, 0.15) is 26.7 Å². The molecule has 2 unspecified atom stereocenters. The van der Waals surface area contributed by atoms with Crippen molar-refractivity contribution in [2.45, 2.75) is 39.3 Å². The Hall–Kier alpha value is -1.52. The largest absolute Gasteiger partial charge is 0.481 e. The predicted octanol–water partition coefficient (Wildman–Crippen LogP) is 1.59. The van der Waals surface area contributed by atoms with E-state index in [-0.39, 0.29) is 12.0 Å². The Morgan fingerprint density at radius 1 is 1.65 bits per heavy atom. The molecule has 1 fully saturated rings. The van der Waals surface area contributed by atoms with Crippen molar-refractivity contribution in [1.82, 2.24) is 9.55 Å². The fourth-order valence-electron chi connectivity index (χ4n) is 2.50. The second-order valence-electron chi connectivity index (χ2n) is 4.62. The van der Waals surface area contributed by atoms with E-state index in [9.17, 15) is 4.79 Å². The van der Waals surface area contributed by atoms with E-state index in [0.29, 0.717) is 12.8 Å². The van der Waals surface area contributed by atoms with Crippen molar-refractivity contribution in [2.75, 3.05) is 11.4 Å². The molecule has 1 aliphatic heterocycles. The molecule has 2 atom stereocenters. The molecule has 0 radical (unpaired) electrons. The van der Waals surface area contributed by atoms with Gasteiger partial charge in [-0.3, -0.25) is 4.79 Å². The van der Waals surface area contributed by atoms with Gasteiger partial charge in [-0.25, -0.2) is 4.98 Å². The van der Waals surface area contributed by atoms with Crippen LogP contribution in [0.15, 0.2) is 12.4 Å². The first-order valence-electron chi connectivity index (χ1n) is 6.14. The maximum atomic E-state index is 11.0. The van der Waals surface area contributed by atoms with Gasteiger partial charge in [0.1, 0.15) is 0 Å². The van der Waals surface area contributed by atoms with Gasteiger partial charge >= 0.3 is 5.97 Å². The summed E-state index contributed by atoms with van der Waals surface area (Å²) in [5.74, 6) is 0.0884. The number of carboxylic acid groups (broad SMARTS) is 1. The molecule has 5 heteroatoms. The topological polar surface area (TPSA) is 58.4 Å².